The molecule has 4 nitrogen and oxygen atoms in total. The van der Waals surface area contributed by atoms with Gasteiger partial charge in [-0.3, -0.25) is 9.00 Å². The van der Waals surface area contributed by atoms with Crippen molar-refractivity contribution in [3.63, 3.8) is 0 Å². The average Bonchev–Trinajstić information content (AvgIpc) is 2.41. The maximum absolute atomic E-state index is 12.3. The smallest absolute Gasteiger partial charge is 0.248 e. The zero-order chi connectivity index (χ0) is 14.7. The monoisotopic (exact) mass is 288 g/mol. The highest BCUT2D eigenvalue weighted by molar-refractivity contribution is 7.84. The predicted octanol–water partition coefficient (Wildman–Crippen LogP) is 1.98. The van der Waals surface area contributed by atoms with Crippen LogP contribution in [0.15, 0.2) is 47.4 Å². The van der Waals surface area contributed by atoms with Crippen molar-refractivity contribution in [2.45, 2.75) is 17.6 Å². The van der Waals surface area contributed by atoms with Crippen LogP contribution in [0.25, 0.3) is 0 Å². The first-order chi connectivity index (χ1) is 9.49. The van der Waals surface area contributed by atoms with Crippen LogP contribution in [0.5, 0.6) is 0 Å². The van der Waals surface area contributed by atoms with Crippen LogP contribution in [0, 0.1) is 6.92 Å². The quantitative estimate of drug-likeness (QED) is 0.843. The van der Waals surface area contributed by atoms with Gasteiger partial charge in [0, 0.05) is 11.3 Å². The summed E-state index contributed by atoms with van der Waals surface area (Å²) in [7, 11) is -1.21. The zero-order valence-electron chi connectivity index (χ0n) is 11.1. The second kappa shape index (κ2) is 5.88. The molecule has 2 aromatic carbocycles. The number of nitrogen functional groups attached to an aromatic ring is 1. The van der Waals surface area contributed by atoms with Gasteiger partial charge in [-0.2, -0.15) is 0 Å². The molecule has 0 heterocycles. The molecular formula is C15H16N2O2S. The molecule has 1 unspecified atom stereocenters. The van der Waals surface area contributed by atoms with E-state index in [-0.39, 0.29) is 0 Å². The van der Waals surface area contributed by atoms with Gasteiger partial charge < -0.3 is 11.5 Å². The SMILES string of the molecule is Cc1cc(C(N)=O)ccc1CS(=O)c1ccccc1N. The normalized spacial score (nSPS) is 12.1. The van der Waals surface area contributed by atoms with Crippen LogP contribution in [0.1, 0.15) is 21.5 Å². The number of primary amides is 1. The summed E-state index contributed by atoms with van der Waals surface area (Å²) in [5.41, 5.74) is 13.8. The third-order valence-corrected chi connectivity index (χ3v) is 4.51. The van der Waals surface area contributed by atoms with Crippen molar-refractivity contribution in [1.82, 2.24) is 0 Å². The van der Waals surface area contributed by atoms with Crippen LogP contribution in [-0.4, -0.2) is 10.1 Å². The molecule has 2 aromatic rings. The number of benzene rings is 2. The molecule has 0 aliphatic rings. The van der Waals surface area contributed by atoms with Crippen molar-refractivity contribution >= 4 is 22.4 Å². The van der Waals surface area contributed by atoms with Gasteiger partial charge in [0.05, 0.1) is 21.4 Å². The van der Waals surface area contributed by atoms with Crippen molar-refractivity contribution in [1.29, 1.82) is 0 Å². The molecule has 104 valence electrons. The van der Waals surface area contributed by atoms with Gasteiger partial charge in [0.1, 0.15) is 0 Å². The minimum absolute atomic E-state index is 0.360. The molecule has 5 heteroatoms. The summed E-state index contributed by atoms with van der Waals surface area (Å²) in [6.07, 6.45) is 0. The first-order valence-corrected chi connectivity index (χ1v) is 7.43. The highest BCUT2D eigenvalue weighted by Gasteiger charge is 2.11. The third-order valence-electron chi connectivity index (χ3n) is 3.08. The van der Waals surface area contributed by atoms with Gasteiger partial charge in [0.25, 0.3) is 0 Å². The Hall–Kier alpha value is -2.14. The van der Waals surface area contributed by atoms with E-state index in [4.69, 9.17) is 11.5 Å². The average molecular weight is 288 g/mol. The van der Waals surface area contributed by atoms with Crippen LogP contribution >= 0.6 is 0 Å². The number of hydrogen-bond acceptors (Lipinski definition) is 3. The molecule has 2 rings (SSSR count). The highest BCUT2D eigenvalue weighted by atomic mass is 32.2. The van der Waals surface area contributed by atoms with E-state index < -0.39 is 16.7 Å². The Kier molecular flexibility index (Phi) is 4.20. The standard InChI is InChI=1S/C15H16N2O2S/c1-10-8-11(15(17)18)6-7-12(10)9-20(19)14-5-3-2-4-13(14)16/h2-8H,9,16H2,1H3,(H2,17,18). The largest absolute Gasteiger partial charge is 0.398 e. The molecule has 0 fully saturated rings. The van der Waals surface area contributed by atoms with Crippen LogP contribution in [0.3, 0.4) is 0 Å². The van der Waals surface area contributed by atoms with Crippen LogP contribution in [-0.2, 0) is 16.6 Å². The minimum Gasteiger partial charge on any atom is -0.398 e. The van der Waals surface area contributed by atoms with E-state index >= 15 is 0 Å². The molecule has 0 aromatic heterocycles. The second-order valence-corrected chi connectivity index (χ2v) is 5.95. The van der Waals surface area contributed by atoms with Crippen molar-refractivity contribution in [2.24, 2.45) is 5.73 Å². The zero-order valence-corrected chi connectivity index (χ0v) is 11.9. The molecule has 0 bridgehead atoms. The molecular weight excluding hydrogens is 272 g/mol. The molecule has 0 saturated carbocycles. The fourth-order valence-corrected chi connectivity index (χ4v) is 3.24. The third kappa shape index (κ3) is 3.05. The molecule has 20 heavy (non-hydrogen) atoms. The van der Waals surface area contributed by atoms with Crippen LogP contribution in [0.4, 0.5) is 5.69 Å². The maximum Gasteiger partial charge on any atom is 0.248 e. The van der Waals surface area contributed by atoms with E-state index in [1.807, 2.05) is 19.1 Å². The Labute approximate surface area is 120 Å². The lowest BCUT2D eigenvalue weighted by molar-refractivity contribution is 0.1000. The fourth-order valence-electron chi connectivity index (χ4n) is 1.92. The lowest BCUT2D eigenvalue weighted by Gasteiger charge is -2.09. The van der Waals surface area contributed by atoms with Crippen molar-refractivity contribution < 1.29 is 9.00 Å². The number of carbonyl (C=O) groups excluding carboxylic acids is 1. The van der Waals surface area contributed by atoms with E-state index in [9.17, 15) is 9.00 Å². The van der Waals surface area contributed by atoms with Gasteiger partial charge in [-0.25, -0.2) is 0 Å². The number of hydrogen-bond donors (Lipinski definition) is 2. The summed E-state index contributed by atoms with van der Waals surface area (Å²) >= 11 is 0. The Morgan fingerprint density at radius 1 is 1.20 bits per heavy atom. The Morgan fingerprint density at radius 2 is 1.90 bits per heavy atom. The fraction of sp³-hybridized carbons (Fsp3) is 0.133. The number of anilines is 1. The van der Waals surface area contributed by atoms with E-state index in [1.165, 1.54) is 0 Å². The summed E-state index contributed by atoms with van der Waals surface area (Å²) < 4.78 is 12.3. The summed E-state index contributed by atoms with van der Waals surface area (Å²) in [5, 5.41) is 0. The van der Waals surface area contributed by atoms with E-state index in [1.54, 1.807) is 30.3 Å². The van der Waals surface area contributed by atoms with Gasteiger partial charge in [-0.15, -0.1) is 0 Å². The summed E-state index contributed by atoms with van der Waals surface area (Å²) in [4.78, 5) is 11.7. The van der Waals surface area contributed by atoms with E-state index in [0.717, 1.165) is 11.1 Å². The lowest BCUT2D eigenvalue weighted by Crippen LogP contribution is -2.11. The van der Waals surface area contributed by atoms with Gasteiger partial charge in [0.15, 0.2) is 0 Å². The number of carbonyl (C=O) groups is 1. The topological polar surface area (TPSA) is 86.2 Å². The summed E-state index contributed by atoms with van der Waals surface area (Å²) in [5.74, 6) is -0.105. The maximum atomic E-state index is 12.3. The number of nitrogens with two attached hydrogens (primary N) is 2. The van der Waals surface area contributed by atoms with Crippen molar-refractivity contribution in [3.05, 3.63) is 59.2 Å². The van der Waals surface area contributed by atoms with E-state index in [0.29, 0.717) is 21.9 Å². The molecule has 0 spiro atoms. The summed E-state index contributed by atoms with van der Waals surface area (Å²) in [6, 6.07) is 12.3. The van der Waals surface area contributed by atoms with Gasteiger partial charge >= 0.3 is 0 Å². The number of aryl methyl sites for hydroxylation is 1. The van der Waals surface area contributed by atoms with Gasteiger partial charge in [0.2, 0.25) is 5.91 Å². The minimum atomic E-state index is -1.21. The summed E-state index contributed by atoms with van der Waals surface area (Å²) in [6.45, 7) is 1.87. The van der Waals surface area contributed by atoms with Gasteiger partial charge in [-0.1, -0.05) is 18.2 Å². The van der Waals surface area contributed by atoms with Crippen LogP contribution < -0.4 is 11.5 Å². The molecule has 1 amide bonds. The first kappa shape index (κ1) is 14.3. The molecule has 1 atom stereocenters. The first-order valence-electron chi connectivity index (χ1n) is 6.11. The molecule has 0 aliphatic carbocycles. The Morgan fingerprint density at radius 3 is 2.50 bits per heavy atom. The molecule has 4 N–H and O–H groups in total. The molecule has 0 saturated heterocycles. The number of amides is 1. The Balaban J connectivity index is 2.25. The van der Waals surface area contributed by atoms with Gasteiger partial charge in [-0.05, 0) is 42.3 Å². The van der Waals surface area contributed by atoms with E-state index in [2.05, 4.69) is 0 Å². The predicted molar refractivity (Wildman–Crippen MR) is 80.7 cm³/mol. The van der Waals surface area contributed by atoms with Crippen molar-refractivity contribution in [2.75, 3.05) is 5.73 Å². The number of para-hydroxylation sites is 1. The Bertz CT molecular complexity index is 683. The second-order valence-electron chi connectivity index (χ2n) is 4.53. The molecule has 0 radical (unpaired) electrons. The highest BCUT2D eigenvalue weighted by Crippen LogP contribution is 2.20. The van der Waals surface area contributed by atoms with Crippen LogP contribution in [0.2, 0.25) is 0 Å². The van der Waals surface area contributed by atoms with Crippen molar-refractivity contribution in [3.8, 4) is 0 Å². The molecule has 0 aliphatic heterocycles. The lowest BCUT2D eigenvalue weighted by atomic mass is 10.1. The number of rotatable bonds is 4.